The van der Waals surface area contributed by atoms with Gasteiger partial charge in [0, 0.05) is 30.1 Å². The van der Waals surface area contributed by atoms with Crippen LogP contribution in [-0.2, 0) is 4.79 Å². The van der Waals surface area contributed by atoms with Crippen LogP contribution < -0.4 is 10.6 Å². The van der Waals surface area contributed by atoms with Crippen LogP contribution >= 0.6 is 15.9 Å². The highest BCUT2D eigenvalue weighted by atomic mass is 79.9. The summed E-state index contributed by atoms with van der Waals surface area (Å²) in [5.41, 5.74) is 0.938. The quantitative estimate of drug-likeness (QED) is 0.447. The summed E-state index contributed by atoms with van der Waals surface area (Å²) >= 11 is 3.39. The van der Waals surface area contributed by atoms with E-state index in [9.17, 15) is 9.90 Å². The molecule has 5 heteroatoms. The van der Waals surface area contributed by atoms with Gasteiger partial charge in [-0.2, -0.15) is 0 Å². The minimum Gasteiger partial charge on any atom is -0.481 e. The second-order valence-corrected chi connectivity index (χ2v) is 5.53. The molecule has 0 fully saturated rings. The van der Waals surface area contributed by atoms with Gasteiger partial charge in [0.25, 0.3) is 0 Å². The summed E-state index contributed by atoms with van der Waals surface area (Å²) in [6.45, 7) is 8.79. The summed E-state index contributed by atoms with van der Waals surface area (Å²) in [7, 11) is 0. The zero-order valence-corrected chi connectivity index (χ0v) is 13.5. The molecule has 0 spiro atoms. The molecule has 0 aromatic heterocycles. The first-order chi connectivity index (χ1) is 10.1. The van der Waals surface area contributed by atoms with E-state index >= 15 is 0 Å². The first kappa shape index (κ1) is 17.6. The largest absolute Gasteiger partial charge is 0.481 e. The molecule has 4 nitrogen and oxygen atoms in total. The van der Waals surface area contributed by atoms with Crippen molar-refractivity contribution in [1.29, 1.82) is 0 Å². The van der Waals surface area contributed by atoms with E-state index in [4.69, 9.17) is 0 Å². The summed E-state index contributed by atoms with van der Waals surface area (Å²) in [5, 5.41) is 15.8. The molecule has 0 saturated heterocycles. The predicted octanol–water partition coefficient (Wildman–Crippen LogP) is 2.74. The van der Waals surface area contributed by atoms with E-state index in [-0.39, 0.29) is 6.04 Å². The maximum absolute atomic E-state index is 11.6. The first-order valence-electron chi connectivity index (χ1n) is 6.74. The normalized spacial score (nSPS) is 13.4. The van der Waals surface area contributed by atoms with Gasteiger partial charge in [0.2, 0.25) is 0 Å². The fraction of sp³-hybridized carbons (Fsp3) is 0.312. The lowest BCUT2D eigenvalue weighted by molar-refractivity contribution is -0.142. The van der Waals surface area contributed by atoms with Crippen molar-refractivity contribution >= 4 is 21.9 Å². The van der Waals surface area contributed by atoms with Crippen molar-refractivity contribution in [2.45, 2.75) is 6.04 Å². The van der Waals surface area contributed by atoms with Gasteiger partial charge in [-0.3, -0.25) is 4.79 Å². The van der Waals surface area contributed by atoms with Gasteiger partial charge in [-0.05, 0) is 17.7 Å². The Morgan fingerprint density at radius 3 is 2.38 bits per heavy atom. The number of aliphatic carboxylic acids is 1. The molecule has 2 unspecified atom stereocenters. The number of carboxylic acids is 1. The maximum Gasteiger partial charge on any atom is 0.309 e. The molecular weight excluding hydrogens is 332 g/mol. The standard InChI is InChI=1S/C16H21BrN2O2/c1-3-9-18-11-14(16(20)21)15(19-10-4-2)12-5-7-13(17)8-6-12/h3-8,14-15,18-19H,1-2,9-11H2,(H,20,21). The molecule has 0 heterocycles. The van der Waals surface area contributed by atoms with E-state index in [1.54, 1.807) is 12.2 Å². The third kappa shape index (κ3) is 5.83. The second kappa shape index (κ2) is 9.50. The van der Waals surface area contributed by atoms with Gasteiger partial charge >= 0.3 is 5.97 Å². The van der Waals surface area contributed by atoms with Gasteiger partial charge in [-0.25, -0.2) is 0 Å². The molecule has 0 amide bonds. The highest BCUT2D eigenvalue weighted by Crippen LogP contribution is 2.24. The van der Waals surface area contributed by atoms with Gasteiger partial charge in [-0.1, -0.05) is 40.2 Å². The van der Waals surface area contributed by atoms with E-state index < -0.39 is 11.9 Å². The molecule has 1 rings (SSSR count). The minimum absolute atomic E-state index is 0.286. The number of halogens is 1. The molecule has 0 bridgehead atoms. The molecule has 0 aliphatic rings. The SMILES string of the molecule is C=CCNCC(C(=O)O)C(NCC=C)c1ccc(Br)cc1. The van der Waals surface area contributed by atoms with Crippen LogP contribution in [0.3, 0.4) is 0 Å². The summed E-state index contributed by atoms with van der Waals surface area (Å²) in [4.78, 5) is 11.6. The van der Waals surface area contributed by atoms with Crippen LogP contribution in [0.25, 0.3) is 0 Å². The van der Waals surface area contributed by atoms with E-state index in [2.05, 4.69) is 39.7 Å². The lowest BCUT2D eigenvalue weighted by atomic mass is 9.92. The number of benzene rings is 1. The molecule has 0 saturated carbocycles. The van der Waals surface area contributed by atoms with Gasteiger partial charge in [0.1, 0.15) is 0 Å². The third-order valence-electron chi connectivity index (χ3n) is 3.08. The van der Waals surface area contributed by atoms with Crippen molar-refractivity contribution in [3.63, 3.8) is 0 Å². The number of nitrogens with one attached hydrogen (secondary N) is 2. The van der Waals surface area contributed by atoms with Gasteiger partial charge < -0.3 is 15.7 Å². The molecule has 0 aliphatic heterocycles. The Morgan fingerprint density at radius 2 is 1.86 bits per heavy atom. The Bertz CT molecular complexity index is 474. The lowest BCUT2D eigenvalue weighted by Crippen LogP contribution is -2.39. The van der Waals surface area contributed by atoms with Crippen molar-refractivity contribution < 1.29 is 9.90 Å². The Hall–Kier alpha value is -1.43. The van der Waals surface area contributed by atoms with Gasteiger partial charge in [0.05, 0.1) is 5.92 Å². The van der Waals surface area contributed by atoms with E-state index in [0.717, 1.165) is 10.0 Å². The summed E-state index contributed by atoms with van der Waals surface area (Å²) < 4.78 is 0.963. The zero-order valence-electron chi connectivity index (χ0n) is 11.9. The molecule has 0 radical (unpaired) electrons. The Morgan fingerprint density at radius 1 is 1.24 bits per heavy atom. The van der Waals surface area contributed by atoms with Crippen LogP contribution in [0.4, 0.5) is 0 Å². The minimum atomic E-state index is -0.837. The average molecular weight is 353 g/mol. The molecule has 3 N–H and O–H groups in total. The second-order valence-electron chi connectivity index (χ2n) is 4.62. The molecule has 114 valence electrons. The average Bonchev–Trinajstić information content (AvgIpc) is 2.47. The van der Waals surface area contributed by atoms with Crippen molar-refractivity contribution in [3.8, 4) is 0 Å². The van der Waals surface area contributed by atoms with Crippen LogP contribution in [0.1, 0.15) is 11.6 Å². The Kier molecular flexibility index (Phi) is 7.97. The molecule has 1 aromatic rings. The Balaban J connectivity index is 2.95. The highest BCUT2D eigenvalue weighted by molar-refractivity contribution is 9.10. The smallest absolute Gasteiger partial charge is 0.309 e. The Labute approximate surface area is 134 Å². The van der Waals surface area contributed by atoms with Crippen molar-refractivity contribution in [2.24, 2.45) is 5.92 Å². The van der Waals surface area contributed by atoms with Gasteiger partial charge in [-0.15, -0.1) is 13.2 Å². The highest BCUT2D eigenvalue weighted by Gasteiger charge is 2.28. The molecular formula is C16H21BrN2O2. The van der Waals surface area contributed by atoms with Gasteiger partial charge in [0.15, 0.2) is 0 Å². The number of hydrogen-bond acceptors (Lipinski definition) is 3. The molecule has 2 atom stereocenters. The molecule has 0 aliphatic carbocycles. The van der Waals surface area contributed by atoms with Crippen molar-refractivity contribution in [3.05, 3.63) is 59.6 Å². The predicted molar refractivity (Wildman–Crippen MR) is 89.3 cm³/mol. The zero-order chi connectivity index (χ0) is 15.7. The number of rotatable bonds is 10. The topological polar surface area (TPSA) is 61.4 Å². The number of carbonyl (C=O) groups is 1. The summed E-state index contributed by atoms with van der Waals surface area (Å²) in [6, 6.07) is 7.39. The summed E-state index contributed by atoms with van der Waals surface area (Å²) in [6.07, 6.45) is 3.44. The van der Waals surface area contributed by atoms with E-state index in [1.165, 1.54) is 0 Å². The van der Waals surface area contributed by atoms with Crippen molar-refractivity contribution in [1.82, 2.24) is 10.6 Å². The fourth-order valence-corrected chi connectivity index (χ4v) is 2.33. The van der Waals surface area contributed by atoms with Crippen LogP contribution in [0.2, 0.25) is 0 Å². The fourth-order valence-electron chi connectivity index (χ4n) is 2.06. The van der Waals surface area contributed by atoms with Crippen LogP contribution in [0.5, 0.6) is 0 Å². The maximum atomic E-state index is 11.6. The molecule has 21 heavy (non-hydrogen) atoms. The number of carboxylic acid groups (broad SMARTS) is 1. The summed E-state index contributed by atoms with van der Waals surface area (Å²) in [5.74, 6) is -1.41. The van der Waals surface area contributed by atoms with E-state index in [1.807, 2.05) is 24.3 Å². The van der Waals surface area contributed by atoms with E-state index in [0.29, 0.717) is 19.6 Å². The monoisotopic (exact) mass is 352 g/mol. The van der Waals surface area contributed by atoms with Crippen molar-refractivity contribution in [2.75, 3.05) is 19.6 Å². The van der Waals surface area contributed by atoms with Crippen LogP contribution in [0, 0.1) is 5.92 Å². The first-order valence-corrected chi connectivity index (χ1v) is 7.53. The van der Waals surface area contributed by atoms with Crippen LogP contribution in [0.15, 0.2) is 54.0 Å². The van der Waals surface area contributed by atoms with Crippen LogP contribution in [-0.4, -0.2) is 30.7 Å². The lowest BCUT2D eigenvalue weighted by Gasteiger charge is -2.25. The third-order valence-corrected chi connectivity index (χ3v) is 3.61. The number of hydrogen-bond donors (Lipinski definition) is 3. The molecule has 1 aromatic carbocycles.